The molecule has 1 aliphatic heterocycles. The summed E-state index contributed by atoms with van der Waals surface area (Å²) in [7, 11) is 0. The number of aryl methyl sites for hydroxylation is 1. The third kappa shape index (κ3) is 3.03. The van der Waals surface area contributed by atoms with Gasteiger partial charge >= 0.3 is 0 Å². The fourth-order valence-corrected chi connectivity index (χ4v) is 4.53. The number of fused-ring (bicyclic) bond motifs is 1. The first-order valence-electron chi connectivity index (χ1n) is 7.11. The van der Waals surface area contributed by atoms with Gasteiger partial charge in [0, 0.05) is 11.1 Å². The summed E-state index contributed by atoms with van der Waals surface area (Å²) in [4.78, 5) is 26.5. The summed E-state index contributed by atoms with van der Waals surface area (Å²) >= 11 is 2.92. The second kappa shape index (κ2) is 6.55. The predicted molar refractivity (Wildman–Crippen MR) is 87.6 cm³/mol. The first-order valence-corrected chi connectivity index (χ1v) is 8.98. The zero-order valence-corrected chi connectivity index (χ0v) is 13.6. The Morgan fingerprint density at radius 2 is 2.23 bits per heavy atom. The van der Waals surface area contributed by atoms with Crippen LogP contribution in [0.2, 0.25) is 0 Å². The third-order valence-electron chi connectivity index (χ3n) is 3.71. The second-order valence-corrected chi connectivity index (χ2v) is 7.19. The normalized spacial score (nSPS) is 17.0. The summed E-state index contributed by atoms with van der Waals surface area (Å²) in [5, 5.41) is 14.6. The largest absolute Gasteiger partial charge is 0.315 e. The SMILES string of the molecule is N#Cc1c(NC(=O)CN2C=CSCC2=O)sc2c1CCCC2. The van der Waals surface area contributed by atoms with Gasteiger partial charge in [-0.1, -0.05) is 0 Å². The van der Waals surface area contributed by atoms with Gasteiger partial charge in [-0.3, -0.25) is 9.59 Å². The van der Waals surface area contributed by atoms with Gasteiger partial charge in [-0.05, 0) is 36.7 Å². The van der Waals surface area contributed by atoms with Crippen LogP contribution >= 0.6 is 23.1 Å². The smallest absolute Gasteiger partial charge is 0.245 e. The van der Waals surface area contributed by atoms with Gasteiger partial charge in [0.1, 0.15) is 17.6 Å². The van der Waals surface area contributed by atoms with Crippen molar-refractivity contribution < 1.29 is 9.59 Å². The van der Waals surface area contributed by atoms with Crippen molar-refractivity contribution in [2.75, 3.05) is 17.6 Å². The molecule has 0 saturated heterocycles. The maximum Gasteiger partial charge on any atom is 0.245 e. The third-order valence-corrected chi connectivity index (χ3v) is 5.65. The molecule has 0 bridgehead atoms. The zero-order chi connectivity index (χ0) is 15.5. The highest BCUT2D eigenvalue weighted by Gasteiger charge is 2.23. The number of hydrogen-bond acceptors (Lipinski definition) is 5. The van der Waals surface area contributed by atoms with Gasteiger partial charge in [-0.2, -0.15) is 5.26 Å². The predicted octanol–water partition coefficient (Wildman–Crippen LogP) is 2.48. The van der Waals surface area contributed by atoms with Crippen molar-refractivity contribution in [2.45, 2.75) is 25.7 Å². The zero-order valence-electron chi connectivity index (χ0n) is 11.9. The Labute approximate surface area is 137 Å². The van der Waals surface area contributed by atoms with Crippen molar-refractivity contribution in [2.24, 2.45) is 0 Å². The molecule has 3 rings (SSSR count). The highest BCUT2D eigenvalue weighted by Crippen LogP contribution is 2.37. The lowest BCUT2D eigenvalue weighted by Gasteiger charge is -2.20. The Bertz CT molecular complexity index is 688. The van der Waals surface area contributed by atoms with Crippen LogP contribution in [0, 0.1) is 11.3 Å². The summed E-state index contributed by atoms with van der Waals surface area (Å²) in [6, 6.07) is 2.22. The van der Waals surface area contributed by atoms with Crippen molar-refractivity contribution in [1.82, 2.24) is 4.90 Å². The van der Waals surface area contributed by atoms with Crippen LogP contribution in [0.1, 0.15) is 28.8 Å². The molecular formula is C15H15N3O2S2. The van der Waals surface area contributed by atoms with Crippen LogP contribution in [-0.4, -0.2) is 29.0 Å². The van der Waals surface area contributed by atoms with Crippen LogP contribution in [0.4, 0.5) is 5.00 Å². The highest BCUT2D eigenvalue weighted by molar-refractivity contribution is 8.02. The van der Waals surface area contributed by atoms with Gasteiger partial charge in [-0.15, -0.1) is 23.1 Å². The molecule has 2 heterocycles. The summed E-state index contributed by atoms with van der Waals surface area (Å²) in [6.07, 6.45) is 5.75. The van der Waals surface area contributed by atoms with E-state index in [9.17, 15) is 14.9 Å². The number of carbonyl (C=O) groups excluding carboxylic acids is 2. The number of nitrogens with zero attached hydrogens (tertiary/aromatic N) is 2. The molecule has 2 aliphatic rings. The molecule has 0 saturated carbocycles. The second-order valence-electron chi connectivity index (χ2n) is 5.19. The molecule has 0 radical (unpaired) electrons. The first kappa shape index (κ1) is 15.1. The van der Waals surface area contributed by atoms with E-state index < -0.39 is 0 Å². The number of anilines is 1. The molecule has 22 heavy (non-hydrogen) atoms. The average molecular weight is 333 g/mol. The van der Waals surface area contributed by atoms with Gasteiger partial charge in [0.15, 0.2) is 0 Å². The lowest BCUT2D eigenvalue weighted by atomic mass is 9.96. The number of nitriles is 1. The number of rotatable bonds is 3. The van der Waals surface area contributed by atoms with Gasteiger partial charge in [0.2, 0.25) is 11.8 Å². The van der Waals surface area contributed by atoms with E-state index in [1.807, 2.05) is 0 Å². The quantitative estimate of drug-likeness (QED) is 0.922. The Morgan fingerprint density at radius 3 is 3.00 bits per heavy atom. The molecule has 1 N–H and O–H groups in total. The van der Waals surface area contributed by atoms with Gasteiger partial charge in [0.05, 0.1) is 11.3 Å². The summed E-state index contributed by atoms with van der Waals surface area (Å²) in [5.41, 5.74) is 1.70. The molecule has 2 amide bonds. The monoisotopic (exact) mass is 333 g/mol. The Kier molecular flexibility index (Phi) is 4.50. The molecule has 5 nitrogen and oxygen atoms in total. The Hall–Kier alpha value is -1.78. The molecular weight excluding hydrogens is 318 g/mol. The van der Waals surface area contributed by atoms with Crippen LogP contribution in [0.5, 0.6) is 0 Å². The summed E-state index contributed by atoms with van der Waals surface area (Å²) in [5.74, 6) is 0.0224. The van der Waals surface area contributed by atoms with E-state index in [1.165, 1.54) is 32.9 Å². The van der Waals surface area contributed by atoms with Gasteiger partial charge in [0.25, 0.3) is 0 Å². The molecule has 0 aromatic carbocycles. The van der Waals surface area contributed by atoms with Gasteiger partial charge in [-0.25, -0.2) is 0 Å². The average Bonchev–Trinajstić information content (AvgIpc) is 2.86. The molecule has 0 spiro atoms. The number of thioether (sulfide) groups is 1. The van der Waals surface area contributed by atoms with E-state index in [-0.39, 0.29) is 18.4 Å². The maximum atomic E-state index is 12.2. The number of nitrogens with one attached hydrogen (secondary N) is 1. The van der Waals surface area contributed by atoms with E-state index in [2.05, 4.69) is 11.4 Å². The Morgan fingerprint density at radius 1 is 1.41 bits per heavy atom. The fourth-order valence-electron chi connectivity index (χ4n) is 2.64. The number of amides is 2. The topological polar surface area (TPSA) is 73.2 Å². The molecule has 0 fully saturated rings. The number of hydrogen-bond donors (Lipinski definition) is 1. The molecule has 1 aromatic heterocycles. The molecule has 7 heteroatoms. The standard InChI is InChI=1S/C15H15N3O2S2/c16-7-11-10-3-1-2-4-12(10)22-15(11)17-13(19)8-18-5-6-21-9-14(18)20/h5-6H,1-4,8-9H2,(H,17,19). The van der Waals surface area contributed by atoms with E-state index in [1.54, 1.807) is 11.6 Å². The van der Waals surface area contributed by atoms with E-state index in [0.717, 1.165) is 31.2 Å². The van der Waals surface area contributed by atoms with Gasteiger partial charge < -0.3 is 10.2 Å². The van der Waals surface area contributed by atoms with Crippen LogP contribution in [0.25, 0.3) is 0 Å². The Balaban J connectivity index is 1.73. The minimum atomic E-state index is -0.264. The summed E-state index contributed by atoms with van der Waals surface area (Å²) in [6.45, 7) is -0.0106. The van der Waals surface area contributed by atoms with Crippen LogP contribution < -0.4 is 5.32 Å². The summed E-state index contributed by atoms with van der Waals surface area (Å²) < 4.78 is 0. The molecule has 1 aromatic rings. The molecule has 0 unspecified atom stereocenters. The maximum absolute atomic E-state index is 12.2. The minimum Gasteiger partial charge on any atom is -0.315 e. The fraction of sp³-hybridized carbons (Fsp3) is 0.400. The van der Waals surface area contributed by atoms with Crippen LogP contribution in [0.3, 0.4) is 0 Å². The minimum absolute atomic E-state index is 0.0106. The van der Waals surface area contributed by atoms with Crippen molar-refractivity contribution in [1.29, 1.82) is 5.26 Å². The highest BCUT2D eigenvalue weighted by atomic mass is 32.2. The van der Waals surface area contributed by atoms with E-state index >= 15 is 0 Å². The first-order chi connectivity index (χ1) is 10.7. The van der Waals surface area contributed by atoms with E-state index in [4.69, 9.17) is 0 Å². The molecule has 0 atom stereocenters. The van der Waals surface area contributed by atoms with E-state index in [0.29, 0.717) is 16.3 Å². The number of thiophene rings is 1. The molecule has 114 valence electrons. The van der Waals surface area contributed by atoms with Crippen LogP contribution in [-0.2, 0) is 22.4 Å². The van der Waals surface area contributed by atoms with Crippen molar-refractivity contribution in [3.8, 4) is 6.07 Å². The van der Waals surface area contributed by atoms with Crippen LogP contribution in [0.15, 0.2) is 11.6 Å². The van der Waals surface area contributed by atoms with Crippen molar-refractivity contribution in [3.63, 3.8) is 0 Å². The lowest BCUT2D eigenvalue weighted by Crippen LogP contribution is -2.36. The number of carbonyl (C=O) groups is 2. The van der Waals surface area contributed by atoms with Crippen molar-refractivity contribution >= 4 is 39.9 Å². The lowest BCUT2D eigenvalue weighted by molar-refractivity contribution is -0.129. The van der Waals surface area contributed by atoms with Crippen molar-refractivity contribution in [3.05, 3.63) is 27.6 Å². The molecule has 1 aliphatic carbocycles.